The van der Waals surface area contributed by atoms with Gasteiger partial charge in [0.25, 0.3) is 0 Å². The SMILES string of the molecule is CCOc1ccc(/C=C2/CCCC2=O)cc1. The zero-order valence-electron chi connectivity index (χ0n) is 9.53. The van der Waals surface area contributed by atoms with Crippen LogP contribution in [0, 0.1) is 0 Å². The Labute approximate surface area is 95.9 Å². The maximum absolute atomic E-state index is 11.5. The van der Waals surface area contributed by atoms with Crippen molar-refractivity contribution in [3.05, 3.63) is 35.4 Å². The normalized spacial score (nSPS) is 18.1. The molecular weight excluding hydrogens is 200 g/mol. The molecule has 0 atom stereocenters. The first-order chi connectivity index (χ1) is 7.79. The largest absolute Gasteiger partial charge is 0.494 e. The molecule has 0 saturated heterocycles. The van der Waals surface area contributed by atoms with Crippen LogP contribution in [0.1, 0.15) is 31.7 Å². The lowest BCUT2D eigenvalue weighted by Gasteiger charge is -2.02. The van der Waals surface area contributed by atoms with Gasteiger partial charge in [-0.2, -0.15) is 0 Å². The first-order valence-corrected chi connectivity index (χ1v) is 5.76. The van der Waals surface area contributed by atoms with Gasteiger partial charge in [0, 0.05) is 6.42 Å². The van der Waals surface area contributed by atoms with E-state index in [2.05, 4.69) is 0 Å². The molecule has 1 fully saturated rings. The molecule has 84 valence electrons. The minimum Gasteiger partial charge on any atom is -0.494 e. The second-order valence-electron chi connectivity index (χ2n) is 3.95. The van der Waals surface area contributed by atoms with Crippen molar-refractivity contribution in [2.45, 2.75) is 26.2 Å². The highest BCUT2D eigenvalue weighted by molar-refractivity contribution is 6.01. The van der Waals surface area contributed by atoms with E-state index in [9.17, 15) is 4.79 Å². The number of rotatable bonds is 3. The van der Waals surface area contributed by atoms with Crippen LogP contribution in [-0.4, -0.2) is 12.4 Å². The van der Waals surface area contributed by atoms with E-state index in [1.165, 1.54) is 0 Å². The average molecular weight is 216 g/mol. The Kier molecular flexibility index (Phi) is 3.40. The molecule has 16 heavy (non-hydrogen) atoms. The molecule has 0 aliphatic heterocycles. The maximum atomic E-state index is 11.5. The summed E-state index contributed by atoms with van der Waals surface area (Å²) in [6, 6.07) is 7.86. The van der Waals surface area contributed by atoms with Crippen molar-refractivity contribution in [1.82, 2.24) is 0 Å². The van der Waals surface area contributed by atoms with Gasteiger partial charge in [-0.25, -0.2) is 0 Å². The predicted molar refractivity (Wildman–Crippen MR) is 64.4 cm³/mol. The van der Waals surface area contributed by atoms with E-state index in [1.807, 2.05) is 37.3 Å². The third-order valence-electron chi connectivity index (χ3n) is 2.74. The molecule has 1 aliphatic carbocycles. The van der Waals surface area contributed by atoms with E-state index in [1.54, 1.807) is 0 Å². The van der Waals surface area contributed by atoms with E-state index in [4.69, 9.17) is 4.74 Å². The minimum atomic E-state index is 0.300. The lowest BCUT2D eigenvalue weighted by Crippen LogP contribution is -1.92. The summed E-state index contributed by atoms with van der Waals surface area (Å²) in [5.74, 6) is 1.18. The number of ketones is 1. The molecule has 0 spiro atoms. The molecule has 2 heteroatoms. The Morgan fingerprint density at radius 1 is 1.25 bits per heavy atom. The van der Waals surface area contributed by atoms with Gasteiger partial charge in [-0.05, 0) is 49.1 Å². The van der Waals surface area contributed by atoms with Crippen LogP contribution < -0.4 is 4.74 Å². The highest BCUT2D eigenvalue weighted by Crippen LogP contribution is 2.23. The van der Waals surface area contributed by atoms with Crippen molar-refractivity contribution in [2.75, 3.05) is 6.61 Å². The van der Waals surface area contributed by atoms with Crippen LogP contribution in [-0.2, 0) is 4.79 Å². The Balaban J connectivity index is 2.13. The molecule has 0 heterocycles. The van der Waals surface area contributed by atoms with Gasteiger partial charge in [-0.1, -0.05) is 12.1 Å². The van der Waals surface area contributed by atoms with Gasteiger partial charge < -0.3 is 4.74 Å². The summed E-state index contributed by atoms with van der Waals surface area (Å²) in [6.45, 7) is 2.64. The highest BCUT2D eigenvalue weighted by atomic mass is 16.5. The van der Waals surface area contributed by atoms with E-state index in [0.717, 1.165) is 29.7 Å². The Morgan fingerprint density at radius 3 is 2.56 bits per heavy atom. The monoisotopic (exact) mass is 216 g/mol. The van der Waals surface area contributed by atoms with Gasteiger partial charge in [-0.3, -0.25) is 4.79 Å². The molecule has 1 saturated carbocycles. The van der Waals surface area contributed by atoms with Crippen molar-refractivity contribution in [3.63, 3.8) is 0 Å². The number of benzene rings is 1. The van der Waals surface area contributed by atoms with Gasteiger partial charge in [0.15, 0.2) is 5.78 Å². The third-order valence-corrected chi connectivity index (χ3v) is 2.74. The summed E-state index contributed by atoms with van der Waals surface area (Å²) in [5, 5.41) is 0. The van der Waals surface area contributed by atoms with E-state index >= 15 is 0 Å². The van der Waals surface area contributed by atoms with Crippen LogP contribution in [0.2, 0.25) is 0 Å². The average Bonchev–Trinajstić information content (AvgIpc) is 2.68. The zero-order chi connectivity index (χ0) is 11.4. The molecule has 2 rings (SSSR count). The number of hydrogen-bond acceptors (Lipinski definition) is 2. The standard InChI is InChI=1S/C14H16O2/c1-2-16-13-8-6-11(7-9-13)10-12-4-3-5-14(12)15/h6-10H,2-5H2,1H3/b12-10-. The van der Waals surface area contributed by atoms with Crippen molar-refractivity contribution >= 4 is 11.9 Å². The third kappa shape index (κ3) is 2.51. The van der Waals surface area contributed by atoms with Crippen LogP contribution >= 0.6 is 0 Å². The quantitative estimate of drug-likeness (QED) is 0.725. The lowest BCUT2D eigenvalue weighted by molar-refractivity contribution is -0.114. The Hall–Kier alpha value is -1.57. The molecule has 0 unspecified atom stereocenters. The summed E-state index contributed by atoms with van der Waals surface area (Å²) in [7, 11) is 0. The fourth-order valence-electron chi connectivity index (χ4n) is 1.92. The van der Waals surface area contributed by atoms with Gasteiger partial charge >= 0.3 is 0 Å². The second-order valence-corrected chi connectivity index (χ2v) is 3.95. The maximum Gasteiger partial charge on any atom is 0.158 e. The van der Waals surface area contributed by atoms with Crippen molar-refractivity contribution < 1.29 is 9.53 Å². The van der Waals surface area contributed by atoms with Crippen molar-refractivity contribution in [2.24, 2.45) is 0 Å². The second kappa shape index (κ2) is 4.97. The molecule has 1 aliphatic rings. The van der Waals surface area contributed by atoms with E-state index in [-0.39, 0.29) is 0 Å². The fraction of sp³-hybridized carbons (Fsp3) is 0.357. The van der Waals surface area contributed by atoms with Gasteiger partial charge in [0.05, 0.1) is 6.61 Å². The van der Waals surface area contributed by atoms with E-state index < -0.39 is 0 Å². The number of carbonyl (C=O) groups excluding carboxylic acids is 1. The van der Waals surface area contributed by atoms with Crippen LogP contribution in [0.15, 0.2) is 29.8 Å². The van der Waals surface area contributed by atoms with E-state index in [0.29, 0.717) is 18.8 Å². The molecule has 0 radical (unpaired) electrons. The summed E-state index contributed by atoms with van der Waals surface area (Å²) in [4.78, 5) is 11.5. The van der Waals surface area contributed by atoms with Gasteiger partial charge in [0.2, 0.25) is 0 Å². The van der Waals surface area contributed by atoms with Crippen LogP contribution in [0.25, 0.3) is 6.08 Å². The Bertz CT molecular complexity index is 401. The summed E-state index contributed by atoms with van der Waals surface area (Å²) in [6.07, 6.45) is 4.63. The highest BCUT2D eigenvalue weighted by Gasteiger charge is 2.16. The van der Waals surface area contributed by atoms with Crippen LogP contribution in [0.3, 0.4) is 0 Å². The first-order valence-electron chi connectivity index (χ1n) is 5.76. The lowest BCUT2D eigenvalue weighted by atomic mass is 10.1. The minimum absolute atomic E-state index is 0.300. The summed E-state index contributed by atoms with van der Waals surface area (Å²) >= 11 is 0. The van der Waals surface area contributed by atoms with Crippen LogP contribution in [0.5, 0.6) is 5.75 Å². The Morgan fingerprint density at radius 2 is 2.00 bits per heavy atom. The summed E-state index contributed by atoms with van der Waals surface area (Å²) < 4.78 is 5.36. The van der Waals surface area contributed by atoms with Crippen molar-refractivity contribution in [1.29, 1.82) is 0 Å². The topological polar surface area (TPSA) is 26.3 Å². The molecule has 0 N–H and O–H groups in total. The predicted octanol–water partition coefficient (Wildman–Crippen LogP) is 3.22. The van der Waals surface area contributed by atoms with Gasteiger partial charge in [-0.15, -0.1) is 0 Å². The molecular formula is C14H16O2. The first kappa shape index (κ1) is 10.9. The molecule has 0 aromatic heterocycles. The smallest absolute Gasteiger partial charge is 0.158 e. The molecule has 1 aromatic rings. The van der Waals surface area contributed by atoms with Crippen LogP contribution in [0.4, 0.5) is 0 Å². The molecule has 1 aromatic carbocycles. The molecule has 0 amide bonds. The number of Topliss-reactive ketones (excluding diaryl/α,β-unsaturated/α-hetero) is 1. The fourth-order valence-corrected chi connectivity index (χ4v) is 1.92. The molecule has 0 bridgehead atoms. The number of carbonyl (C=O) groups is 1. The number of hydrogen-bond donors (Lipinski definition) is 0. The van der Waals surface area contributed by atoms with Crippen molar-refractivity contribution in [3.8, 4) is 5.75 Å². The number of ether oxygens (including phenoxy) is 1. The zero-order valence-corrected chi connectivity index (χ0v) is 9.53. The summed E-state index contributed by atoms with van der Waals surface area (Å²) in [5.41, 5.74) is 2.04. The molecule has 2 nitrogen and oxygen atoms in total. The number of allylic oxidation sites excluding steroid dienone is 1. The van der Waals surface area contributed by atoms with Gasteiger partial charge in [0.1, 0.15) is 5.75 Å².